The average Bonchev–Trinajstić information content (AvgIpc) is 2.38. The van der Waals surface area contributed by atoms with E-state index < -0.39 is 5.60 Å². The Morgan fingerprint density at radius 3 is 2.63 bits per heavy atom. The Morgan fingerprint density at radius 1 is 1.37 bits per heavy atom. The molecule has 1 fully saturated rings. The number of carbonyl (C=O) groups is 1. The smallest absolute Gasteiger partial charge is 0.256 e. The molecule has 1 aromatic rings. The number of ether oxygens (including phenoxy) is 1. The monoisotopic (exact) mass is 266 g/mol. The summed E-state index contributed by atoms with van der Waals surface area (Å²) in [4.78, 5) is 12.4. The van der Waals surface area contributed by atoms with Crippen molar-refractivity contribution in [2.45, 2.75) is 25.4 Å². The van der Waals surface area contributed by atoms with E-state index in [4.69, 9.17) is 4.74 Å². The number of methoxy groups -OCH3 is 1. The van der Waals surface area contributed by atoms with Crippen LogP contribution in [0.4, 0.5) is 10.1 Å². The number of hydrogen-bond acceptors (Lipinski definition) is 3. The van der Waals surface area contributed by atoms with Gasteiger partial charge in [-0.1, -0.05) is 0 Å². The molecule has 1 amide bonds. The molecule has 4 nitrogen and oxygen atoms in total. The second-order valence-electron chi connectivity index (χ2n) is 4.92. The predicted octanol–water partition coefficient (Wildman–Crippen LogP) is 1.84. The van der Waals surface area contributed by atoms with Gasteiger partial charge < -0.3 is 15.4 Å². The molecule has 1 heterocycles. The first-order valence-electron chi connectivity index (χ1n) is 6.40. The number of hydrogen-bond donors (Lipinski definition) is 2. The highest BCUT2D eigenvalue weighted by Crippen LogP contribution is 2.25. The molecule has 0 aromatic heterocycles. The largest absolute Gasteiger partial charge is 0.368 e. The lowest BCUT2D eigenvalue weighted by Crippen LogP contribution is -2.51. The molecule has 104 valence electrons. The number of nitrogens with one attached hydrogen (secondary N) is 2. The van der Waals surface area contributed by atoms with Crippen molar-refractivity contribution in [2.75, 3.05) is 25.5 Å². The van der Waals surface area contributed by atoms with Crippen LogP contribution in [0.5, 0.6) is 0 Å². The van der Waals surface area contributed by atoms with E-state index in [2.05, 4.69) is 10.6 Å². The van der Waals surface area contributed by atoms with Gasteiger partial charge in [0.05, 0.1) is 0 Å². The zero-order valence-electron chi connectivity index (χ0n) is 11.3. The molecule has 1 aromatic carbocycles. The molecule has 1 saturated heterocycles. The number of aryl methyl sites for hydroxylation is 1. The van der Waals surface area contributed by atoms with E-state index >= 15 is 0 Å². The van der Waals surface area contributed by atoms with Gasteiger partial charge in [-0.25, -0.2) is 4.39 Å². The minimum atomic E-state index is -0.814. The van der Waals surface area contributed by atoms with Crippen molar-refractivity contribution in [3.05, 3.63) is 29.6 Å². The van der Waals surface area contributed by atoms with E-state index in [1.165, 1.54) is 12.1 Å². The minimum absolute atomic E-state index is 0.207. The molecule has 0 unspecified atom stereocenters. The second kappa shape index (κ2) is 5.67. The summed E-state index contributed by atoms with van der Waals surface area (Å²) < 4.78 is 18.7. The van der Waals surface area contributed by atoms with E-state index in [0.29, 0.717) is 18.5 Å². The molecule has 0 bridgehead atoms. The summed E-state index contributed by atoms with van der Waals surface area (Å²) in [6.45, 7) is 3.27. The molecule has 2 rings (SSSR count). The van der Waals surface area contributed by atoms with Gasteiger partial charge >= 0.3 is 0 Å². The van der Waals surface area contributed by atoms with Crippen molar-refractivity contribution in [2.24, 2.45) is 0 Å². The predicted molar refractivity (Wildman–Crippen MR) is 71.6 cm³/mol. The summed E-state index contributed by atoms with van der Waals surface area (Å²) in [5.74, 6) is -0.562. The Kier molecular flexibility index (Phi) is 4.17. The van der Waals surface area contributed by atoms with Gasteiger partial charge in [0.15, 0.2) is 0 Å². The van der Waals surface area contributed by atoms with Crippen molar-refractivity contribution < 1.29 is 13.9 Å². The fourth-order valence-corrected chi connectivity index (χ4v) is 2.41. The molecule has 0 atom stereocenters. The van der Waals surface area contributed by atoms with Crippen LogP contribution in [0.15, 0.2) is 18.2 Å². The molecular weight excluding hydrogens is 247 g/mol. The normalized spacial score (nSPS) is 18.1. The van der Waals surface area contributed by atoms with Crippen LogP contribution in [0, 0.1) is 12.7 Å². The maximum Gasteiger partial charge on any atom is 0.256 e. The summed E-state index contributed by atoms with van der Waals surface area (Å²) in [5, 5.41) is 5.94. The lowest BCUT2D eigenvalue weighted by atomic mass is 9.91. The summed E-state index contributed by atoms with van der Waals surface area (Å²) in [5.41, 5.74) is 0.426. The molecule has 0 spiro atoms. The number of rotatable bonds is 3. The molecule has 1 aliphatic heterocycles. The number of anilines is 1. The van der Waals surface area contributed by atoms with Gasteiger partial charge in [-0.2, -0.15) is 0 Å². The maximum absolute atomic E-state index is 13.3. The van der Waals surface area contributed by atoms with Gasteiger partial charge in [-0.15, -0.1) is 0 Å². The first kappa shape index (κ1) is 14.0. The van der Waals surface area contributed by atoms with Gasteiger partial charge in [-0.05, 0) is 56.6 Å². The maximum atomic E-state index is 13.3. The minimum Gasteiger partial charge on any atom is -0.368 e. The SMILES string of the molecule is COC1(C(=O)Nc2cc(C)cc(F)c2)CCNCC1. The Labute approximate surface area is 112 Å². The first-order valence-corrected chi connectivity index (χ1v) is 6.40. The molecule has 2 N–H and O–H groups in total. The summed E-state index contributed by atoms with van der Waals surface area (Å²) >= 11 is 0. The highest BCUT2D eigenvalue weighted by Gasteiger charge is 2.39. The lowest BCUT2D eigenvalue weighted by molar-refractivity contribution is -0.140. The van der Waals surface area contributed by atoms with Crippen molar-refractivity contribution in [3.63, 3.8) is 0 Å². The van der Waals surface area contributed by atoms with Crippen molar-refractivity contribution >= 4 is 11.6 Å². The molecule has 0 radical (unpaired) electrons. The van der Waals surface area contributed by atoms with Gasteiger partial charge in [0, 0.05) is 12.8 Å². The van der Waals surface area contributed by atoms with Crippen LogP contribution in [0.1, 0.15) is 18.4 Å². The van der Waals surface area contributed by atoms with Crippen LogP contribution in [-0.2, 0) is 9.53 Å². The van der Waals surface area contributed by atoms with Gasteiger partial charge in [0.25, 0.3) is 5.91 Å². The highest BCUT2D eigenvalue weighted by atomic mass is 19.1. The molecule has 1 aliphatic rings. The fraction of sp³-hybridized carbons (Fsp3) is 0.500. The highest BCUT2D eigenvalue weighted by molar-refractivity contribution is 5.97. The molecular formula is C14H19FN2O2. The Balaban J connectivity index is 2.14. The lowest BCUT2D eigenvalue weighted by Gasteiger charge is -2.34. The Morgan fingerprint density at radius 2 is 2.05 bits per heavy atom. The van der Waals surface area contributed by atoms with E-state index in [9.17, 15) is 9.18 Å². The van der Waals surface area contributed by atoms with E-state index in [-0.39, 0.29) is 11.7 Å². The quantitative estimate of drug-likeness (QED) is 0.877. The van der Waals surface area contributed by atoms with Crippen molar-refractivity contribution in [3.8, 4) is 0 Å². The van der Waals surface area contributed by atoms with E-state index in [0.717, 1.165) is 18.7 Å². The summed E-state index contributed by atoms with van der Waals surface area (Å²) in [7, 11) is 1.54. The molecule has 0 aliphatic carbocycles. The zero-order valence-corrected chi connectivity index (χ0v) is 11.3. The Hall–Kier alpha value is -1.46. The third-order valence-electron chi connectivity index (χ3n) is 3.52. The van der Waals surface area contributed by atoms with Crippen molar-refractivity contribution in [1.82, 2.24) is 5.32 Å². The van der Waals surface area contributed by atoms with Gasteiger partial charge in [0.2, 0.25) is 0 Å². The number of halogens is 1. The molecule has 19 heavy (non-hydrogen) atoms. The summed E-state index contributed by atoms with van der Waals surface area (Å²) in [6, 6.07) is 4.48. The van der Waals surface area contributed by atoms with Crippen LogP contribution < -0.4 is 10.6 Å². The van der Waals surface area contributed by atoms with Gasteiger partial charge in [0.1, 0.15) is 11.4 Å². The molecule has 0 saturated carbocycles. The fourth-order valence-electron chi connectivity index (χ4n) is 2.41. The third-order valence-corrected chi connectivity index (χ3v) is 3.52. The van der Waals surface area contributed by atoms with E-state index in [1.807, 2.05) is 0 Å². The van der Waals surface area contributed by atoms with Crippen LogP contribution >= 0.6 is 0 Å². The topological polar surface area (TPSA) is 50.4 Å². The first-order chi connectivity index (χ1) is 9.05. The standard InChI is InChI=1S/C14H19FN2O2/c1-10-7-11(15)9-12(8-10)17-13(18)14(19-2)3-5-16-6-4-14/h7-9,16H,3-6H2,1-2H3,(H,17,18). The van der Waals surface area contributed by atoms with Crippen LogP contribution in [0.25, 0.3) is 0 Å². The van der Waals surface area contributed by atoms with Crippen LogP contribution in [-0.4, -0.2) is 31.7 Å². The van der Waals surface area contributed by atoms with E-state index in [1.54, 1.807) is 20.1 Å². The number of amides is 1. The summed E-state index contributed by atoms with van der Waals surface area (Å²) in [6.07, 6.45) is 1.23. The van der Waals surface area contributed by atoms with Crippen molar-refractivity contribution in [1.29, 1.82) is 0 Å². The number of benzene rings is 1. The van der Waals surface area contributed by atoms with Gasteiger partial charge in [-0.3, -0.25) is 4.79 Å². The molecule has 5 heteroatoms. The third kappa shape index (κ3) is 3.11. The van der Waals surface area contributed by atoms with Crippen LogP contribution in [0.3, 0.4) is 0 Å². The van der Waals surface area contributed by atoms with Crippen LogP contribution in [0.2, 0.25) is 0 Å². The average molecular weight is 266 g/mol. The zero-order chi connectivity index (χ0) is 13.9. The number of piperidine rings is 1. The Bertz CT molecular complexity index is 450. The second-order valence-corrected chi connectivity index (χ2v) is 4.92. The number of carbonyl (C=O) groups excluding carboxylic acids is 1.